The summed E-state index contributed by atoms with van der Waals surface area (Å²) >= 11 is 0. The first-order valence-corrected chi connectivity index (χ1v) is 0. The van der Waals surface area contributed by atoms with E-state index in [-0.39, 0.29) is 241 Å². The quantitative estimate of drug-likeness (QED) is 0.216. The molecule has 0 aliphatic rings. The van der Waals surface area contributed by atoms with Crippen LogP contribution in [0.25, 0.3) is 0 Å². The van der Waals surface area contributed by atoms with Gasteiger partial charge in [-0.1, -0.05) is 0 Å². The molecule has 0 saturated carbocycles. The maximum Gasteiger partial charge on any atom is 0 e. The summed E-state index contributed by atoms with van der Waals surface area (Å²) < 4.78 is 0. The predicted octanol–water partition coefficient (Wildman–Crippen LogP) is -4.35. The number of hydrogen-bond donors (Lipinski definition) is 0. The maximum atomic E-state index is 0. The smallest absolute Gasteiger partial charge is 0 e. The molecule has 0 saturated heterocycles. The van der Waals surface area contributed by atoms with Gasteiger partial charge in [0.15, 0.2) is 0 Å². The van der Waals surface area contributed by atoms with Crippen LogP contribution in [0.4, 0.5) is 0 Å². The minimum Gasteiger partial charge on any atom is 0 e. The van der Waals surface area contributed by atoms with E-state index in [0.717, 1.165) is 0 Å². The third-order valence-electron chi connectivity index (χ3n) is 0. The van der Waals surface area contributed by atoms with Crippen molar-refractivity contribution >= 4 is 52.8 Å². The summed E-state index contributed by atoms with van der Waals surface area (Å²) in [6.45, 7) is 0. The summed E-state index contributed by atoms with van der Waals surface area (Å²) in [4.78, 5) is 0. The molecule has 8 heteroatoms. The van der Waals surface area contributed by atoms with E-state index >= 15 is 0 Å². The zero-order chi connectivity index (χ0) is 0. The molecule has 0 atom stereocenters. The van der Waals surface area contributed by atoms with Crippen molar-refractivity contribution in [2.75, 3.05) is 0 Å². The largest absolute Gasteiger partial charge is 0 e. The van der Waals surface area contributed by atoms with Crippen LogP contribution in [0.2, 0.25) is 0 Å². The molecular weight excluding hydrogens is 1040 g/mol. The van der Waals surface area contributed by atoms with Crippen molar-refractivity contribution in [1.82, 2.24) is 0 Å². The second kappa shape index (κ2) is 46.1. The minimum atomic E-state index is 0. The Balaban J connectivity index is 0. The van der Waals surface area contributed by atoms with E-state index < -0.39 is 0 Å². The molecule has 0 amide bonds. The van der Waals surface area contributed by atoms with Crippen LogP contribution in [0, 0.1) is 189 Å². The molecule has 0 N–H and O–H groups in total. The molecule has 0 heterocycles. The van der Waals surface area contributed by atoms with Gasteiger partial charge in [-0.3, -0.25) is 0 Å². The van der Waals surface area contributed by atoms with Crippen LogP contribution in [-0.4, -0.2) is 52.8 Å². The van der Waals surface area contributed by atoms with Gasteiger partial charge in [0.1, 0.15) is 0 Å². The van der Waals surface area contributed by atoms with Gasteiger partial charge in [-0.05, 0) is 0 Å². The Morgan fingerprint density at radius 1 is 0.250 bits per heavy atom. The molecule has 0 aromatic heterocycles. The summed E-state index contributed by atoms with van der Waals surface area (Å²) in [5, 5.41) is 0. The van der Waals surface area contributed by atoms with Gasteiger partial charge < -0.3 is 0 Å². The number of rotatable bonds is 0. The predicted molar refractivity (Wildman–Crippen MR) is 34.0 cm³/mol. The average Bonchev–Trinajstić information content (AvgIpc) is 0. The van der Waals surface area contributed by atoms with E-state index in [9.17, 15) is 0 Å². The van der Waals surface area contributed by atoms with Crippen LogP contribution in [0.3, 0.4) is 0 Å². The molecule has 0 aromatic rings. The molecule has 5 radical (unpaired) electrons. The average molecular weight is 1050 g/mol. The summed E-state index contributed by atoms with van der Waals surface area (Å²) in [5.74, 6) is 0. The van der Waals surface area contributed by atoms with Crippen molar-refractivity contribution in [2.24, 2.45) is 0 Å². The maximum absolute atomic E-state index is 0. The van der Waals surface area contributed by atoms with Gasteiger partial charge in [0.05, 0.1) is 0 Å². The molecule has 0 unspecified atom stereocenters. The molecule has 0 bridgehead atoms. The Morgan fingerprint density at radius 2 is 0.250 bits per heavy atom. The minimum absolute atomic E-state index is 0. The van der Waals surface area contributed by atoms with E-state index in [2.05, 4.69) is 0 Å². The molecular formula is H12Ge3Ho5. The Labute approximate surface area is 233 Å². The Morgan fingerprint density at radius 3 is 0.250 bits per heavy atom. The van der Waals surface area contributed by atoms with Crippen molar-refractivity contribution in [3.63, 3.8) is 0 Å². The topological polar surface area (TPSA) is 0 Å². The Kier molecular flexibility index (Phi) is 325. The van der Waals surface area contributed by atoms with Crippen molar-refractivity contribution in [1.29, 1.82) is 0 Å². The van der Waals surface area contributed by atoms with Gasteiger partial charge in [0.25, 0.3) is 0 Å². The second-order valence-electron chi connectivity index (χ2n) is 0. The van der Waals surface area contributed by atoms with Crippen LogP contribution in [0.15, 0.2) is 0 Å². The molecule has 79 valence electrons. The van der Waals surface area contributed by atoms with Crippen LogP contribution >= 0.6 is 0 Å². The van der Waals surface area contributed by atoms with Gasteiger partial charge in [0.2, 0.25) is 0 Å². The second-order valence-corrected chi connectivity index (χ2v) is 0. The Bertz CT molecular complexity index is 7.64. The SMILES string of the molecule is [GeH4].[GeH4].[GeH4].[Ho].[Ho].[Ho].[Ho].[Ho]. The number of hydrogen-bond acceptors (Lipinski definition) is 0. The first-order valence-electron chi connectivity index (χ1n) is 0. The van der Waals surface area contributed by atoms with E-state index in [1.807, 2.05) is 0 Å². The van der Waals surface area contributed by atoms with Crippen LogP contribution in [-0.2, 0) is 0 Å². The normalized spacial score (nSPS) is 0. The molecule has 0 spiro atoms. The van der Waals surface area contributed by atoms with Crippen molar-refractivity contribution < 1.29 is 189 Å². The van der Waals surface area contributed by atoms with E-state index in [1.165, 1.54) is 0 Å². The molecule has 0 rings (SSSR count). The third kappa shape index (κ3) is 37.0. The van der Waals surface area contributed by atoms with Gasteiger partial charge in [-0.25, -0.2) is 0 Å². The first-order chi connectivity index (χ1) is 0. The standard InChI is InChI=1S/3GeH4.5Ho/h3*1H4;;;;;. The van der Waals surface area contributed by atoms with Crippen molar-refractivity contribution in [3.8, 4) is 0 Å². The monoisotopic (exact) mass is 1060 g/mol. The molecule has 0 nitrogen and oxygen atoms in total. The van der Waals surface area contributed by atoms with Gasteiger partial charge in [-0.2, -0.15) is 0 Å². The molecule has 0 aliphatic heterocycles. The first kappa shape index (κ1) is 56.5. The van der Waals surface area contributed by atoms with Crippen LogP contribution in [0.5, 0.6) is 0 Å². The summed E-state index contributed by atoms with van der Waals surface area (Å²) in [5.41, 5.74) is 0. The van der Waals surface area contributed by atoms with Gasteiger partial charge >= 0.3 is 52.8 Å². The molecule has 0 fully saturated rings. The summed E-state index contributed by atoms with van der Waals surface area (Å²) in [6, 6.07) is 0. The van der Waals surface area contributed by atoms with E-state index in [4.69, 9.17) is 0 Å². The fourth-order valence-corrected chi connectivity index (χ4v) is 0. The van der Waals surface area contributed by atoms with Crippen LogP contribution < -0.4 is 0 Å². The summed E-state index contributed by atoms with van der Waals surface area (Å²) in [7, 11) is 0. The van der Waals surface area contributed by atoms with Gasteiger partial charge in [-0.15, -0.1) is 0 Å². The molecule has 0 aliphatic carbocycles. The van der Waals surface area contributed by atoms with Crippen molar-refractivity contribution in [2.45, 2.75) is 0 Å². The zero-order valence-electron chi connectivity index (χ0n) is 1.51. The van der Waals surface area contributed by atoms with Crippen molar-refractivity contribution in [3.05, 3.63) is 0 Å². The fourth-order valence-electron chi connectivity index (χ4n) is 0. The molecule has 8 heavy (non-hydrogen) atoms. The Hall–Kier alpha value is 7.93. The van der Waals surface area contributed by atoms with Crippen LogP contribution in [0.1, 0.15) is 0 Å². The fraction of sp³-hybridized carbons (Fsp3) is 0. The van der Waals surface area contributed by atoms with E-state index in [1.54, 1.807) is 0 Å². The van der Waals surface area contributed by atoms with Gasteiger partial charge in [0, 0.05) is 189 Å². The zero-order valence-corrected chi connectivity index (χ0v) is 11.2. The molecule has 0 aromatic carbocycles. The third-order valence-corrected chi connectivity index (χ3v) is 0. The summed E-state index contributed by atoms with van der Waals surface area (Å²) in [6.07, 6.45) is 0. The van der Waals surface area contributed by atoms with E-state index in [0.29, 0.717) is 0 Å².